The predicted octanol–water partition coefficient (Wildman–Crippen LogP) is 1.89. The van der Waals surface area contributed by atoms with Crippen LogP contribution in [0, 0.1) is 0 Å². The zero-order chi connectivity index (χ0) is 11.8. The molecule has 0 spiro atoms. The van der Waals surface area contributed by atoms with Gasteiger partial charge < -0.3 is 0 Å². The third kappa shape index (κ3) is 1.59. The molecule has 0 aromatic carbocycles. The predicted molar refractivity (Wildman–Crippen MR) is 65.2 cm³/mol. The molecule has 0 N–H and O–H groups in total. The van der Waals surface area contributed by atoms with Crippen molar-refractivity contribution in [2.24, 2.45) is 7.05 Å². The first-order valence-electron chi connectivity index (χ1n) is 5.17. The van der Waals surface area contributed by atoms with Gasteiger partial charge in [-0.3, -0.25) is 14.2 Å². The molecule has 0 fully saturated rings. The summed E-state index contributed by atoms with van der Waals surface area (Å²) in [6.07, 6.45) is 5.35. The van der Waals surface area contributed by atoms with E-state index in [-0.39, 0.29) is 0 Å². The second kappa shape index (κ2) is 3.85. The maximum atomic E-state index is 5.92. The van der Waals surface area contributed by atoms with Crippen LogP contribution in [0.2, 0.25) is 0 Å². The van der Waals surface area contributed by atoms with Gasteiger partial charge in [-0.2, -0.15) is 5.10 Å². The Labute approximate surface area is 103 Å². The highest BCUT2D eigenvalue weighted by atomic mass is 35.5. The molecule has 86 valence electrons. The van der Waals surface area contributed by atoms with Gasteiger partial charge in [-0.25, -0.2) is 4.98 Å². The van der Waals surface area contributed by atoms with Crippen LogP contribution in [0.5, 0.6) is 0 Å². The average Bonchev–Trinajstić information content (AvgIpc) is 2.91. The summed E-state index contributed by atoms with van der Waals surface area (Å²) in [6, 6.07) is 3.84. The van der Waals surface area contributed by atoms with Gasteiger partial charge in [0, 0.05) is 25.5 Å². The Morgan fingerprint density at radius 2 is 2.24 bits per heavy atom. The first kappa shape index (κ1) is 10.3. The molecule has 3 aromatic rings. The molecule has 3 heterocycles. The monoisotopic (exact) mass is 247 g/mol. The van der Waals surface area contributed by atoms with Crippen LogP contribution in [0.1, 0.15) is 5.82 Å². The second-order valence-corrected chi connectivity index (χ2v) is 3.98. The Morgan fingerprint density at radius 3 is 2.94 bits per heavy atom. The third-order valence-corrected chi connectivity index (χ3v) is 2.81. The zero-order valence-electron chi connectivity index (χ0n) is 9.21. The summed E-state index contributed by atoms with van der Waals surface area (Å²) in [5.74, 6) is 1.93. The Bertz CT molecular complexity index is 669. The molecule has 0 amide bonds. The van der Waals surface area contributed by atoms with E-state index in [2.05, 4.69) is 15.1 Å². The minimum absolute atomic E-state index is 0.339. The van der Waals surface area contributed by atoms with E-state index >= 15 is 0 Å². The molecule has 0 aliphatic rings. The molecule has 0 aliphatic carbocycles. The lowest BCUT2D eigenvalue weighted by Crippen LogP contribution is -2.01. The van der Waals surface area contributed by atoms with Crippen molar-refractivity contribution < 1.29 is 0 Å². The third-order valence-electron chi connectivity index (χ3n) is 2.57. The quantitative estimate of drug-likeness (QED) is 0.650. The summed E-state index contributed by atoms with van der Waals surface area (Å²) in [5, 5.41) is 4.37. The lowest BCUT2D eigenvalue weighted by molar-refractivity contribution is 0.749. The van der Waals surface area contributed by atoms with Crippen LogP contribution >= 0.6 is 11.6 Å². The Hall–Kier alpha value is -1.88. The molecule has 0 radical (unpaired) electrons. The number of nitrogens with zero attached hydrogens (tertiary/aromatic N) is 5. The van der Waals surface area contributed by atoms with E-state index in [0.717, 1.165) is 22.7 Å². The molecule has 6 heteroatoms. The fourth-order valence-electron chi connectivity index (χ4n) is 1.85. The fraction of sp³-hybridized carbons (Fsp3) is 0.182. The summed E-state index contributed by atoms with van der Waals surface area (Å²) in [4.78, 5) is 8.49. The summed E-state index contributed by atoms with van der Waals surface area (Å²) < 4.78 is 3.70. The van der Waals surface area contributed by atoms with Crippen molar-refractivity contribution in [2.45, 2.75) is 5.88 Å². The zero-order valence-corrected chi connectivity index (χ0v) is 9.96. The van der Waals surface area contributed by atoms with Crippen LogP contribution in [0.4, 0.5) is 0 Å². The van der Waals surface area contributed by atoms with Gasteiger partial charge in [-0.05, 0) is 6.07 Å². The summed E-state index contributed by atoms with van der Waals surface area (Å²) >= 11 is 5.92. The van der Waals surface area contributed by atoms with Crippen LogP contribution in [0.15, 0.2) is 30.7 Å². The van der Waals surface area contributed by atoms with Crippen LogP contribution in [0.25, 0.3) is 16.9 Å². The highest BCUT2D eigenvalue weighted by Gasteiger charge is 2.12. The van der Waals surface area contributed by atoms with Gasteiger partial charge >= 0.3 is 0 Å². The van der Waals surface area contributed by atoms with Crippen molar-refractivity contribution in [2.75, 3.05) is 0 Å². The molecule has 0 atom stereocenters. The molecule has 0 saturated heterocycles. The Balaban J connectivity index is 2.33. The standard InChI is InChI=1S/C11H10ClN5/c1-16-5-3-10(15-16)17-9-2-4-13-7-8(9)14-11(17)6-12/h2-5,7H,6H2,1H3. The molecular formula is C11H10ClN5. The summed E-state index contributed by atoms with van der Waals surface area (Å²) in [5.41, 5.74) is 1.79. The summed E-state index contributed by atoms with van der Waals surface area (Å²) in [6.45, 7) is 0. The number of imidazole rings is 1. The normalized spacial score (nSPS) is 11.2. The van der Waals surface area contributed by atoms with Crippen LogP contribution in [-0.4, -0.2) is 24.3 Å². The van der Waals surface area contributed by atoms with Crippen molar-refractivity contribution >= 4 is 22.6 Å². The topological polar surface area (TPSA) is 48.5 Å². The maximum Gasteiger partial charge on any atom is 0.160 e. The number of rotatable bonds is 2. The largest absolute Gasteiger partial charge is 0.278 e. The number of hydrogen-bond donors (Lipinski definition) is 0. The van der Waals surface area contributed by atoms with Crippen molar-refractivity contribution in [3.05, 3.63) is 36.5 Å². The minimum atomic E-state index is 0.339. The molecule has 0 unspecified atom stereocenters. The fourth-order valence-corrected chi connectivity index (χ4v) is 2.03. The van der Waals surface area contributed by atoms with Crippen LogP contribution in [-0.2, 0) is 12.9 Å². The number of pyridine rings is 1. The SMILES string of the molecule is Cn1ccc(-n2c(CCl)nc3cnccc32)n1. The number of alkyl halides is 1. The van der Waals surface area contributed by atoms with Crippen molar-refractivity contribution in [1.82, 2.24) is 24.3 Å². The van der Waals surface area contributed by atoms with Crippen molar-refractivity contribution in [3.63, 3.8) is 0 Å². The van der Waals surface area contributed by atoms with Gasteiger partial charge in [0.15, 0.2) is 5.82 Å². The summed E-state index contributed by atoms with van der Waals surface area (Å²) in [7, 11) is 1.88. The highest BCUT2D eigenvalue weighted by molar-refractivity contribution is 6.16. The molecule has 0 bridgehead atoms. The van der Waals surface area contributed by atoms with E-state index in [1.165, 1.54) is 0 Å². The highest BCUT2D eigenvalue weighted by Crippen LogP contribution is 2.20. The molecule has 3 rings (SSSR count). The number of fused-ring (bicyclic) bond motifs is 1. The molecule has 3 aromatic heterocycles. The van der Waals surface area contributed by atoms with E-state index < -0.39 is 0 Å². The minimum Gasteiger partial charge on any atom is -0.278 e. The van der Waals surface area contributed by atoms with E-state index in [0.29, 0.717) is 5.88 Å². The van der Waals surface area contributed by atoms with Crippen molar-refractivity contribution in [1.29, 1.82) is 0 Å². The van der Waals surface area contributed by atoms with Gasteiger partial charge in [0.2, 0.25) is 0 Å². The van der Waals surface area contributed by atoms with E-state index in [9.17, 15) is 0 Å². The molecule has 5 nitrogen and oxygen atoms in total. The maximum absolute atomic E-state index is 5.92. The Kier molecular flexibility index (Phi) is 2.33. The van der Waals surface area contributed by atoms with Gasteiger partial charge in [-0.1, -0.05) is 0 Å². The lowest BCUT2D eigenvalue weighted by Gasteiger charge is -2.02. The Morgan fingerprint density at radius 1 is 1.35 bits per heavy atom. The number of aromatic nitrogens is 5. The first-order chi connectivity index (χ1) is 8.29. The smallest absolute Gasteiger partial charge is 0.160 e. The number of aryl methyl sites for hydroxylation is 1. The molecule has 17 heavy (non-hydrogen) atoms. The molecule has 0 aliphatic heterocycles. The molecular weight excluding hydrogens is 238 g/mol. The van der Waals surface area contributed by atoms with E-state index in [4.69, 9.17) is 11.6 Å². The van der Waals surface area contributed by atoms with E-state index in [1.54, 1.807) is 17.1 Å². The van der Waals surface area contributed by atoms with Crippen LogP contribution < -0.4 is 0 Å². The first-order valence-corrected chi connectivity index (χ1v) is 5.70. The van der Waals surface area contributed by atoms with Gasteiger partial charge in [-0.15, -0.1) is 11.6 Å². The number of halogens is 1. The van der Waals surface area contributed by atoms with Gasteiger partial charge in [0.25, 0.3) is 0 Å². The molecule has 0 saturated carbocycles. The van der Waals surface area contributed by atoms with Crippen molar-refractivity contribution in [3.8, 4) is 5.82 Å². The van der Waals surface area contributed by atoms with Gasteiger partial charge in [0.1, 0.15) is 11.3 Å². The van der Waals surface area contributed by atoms with E-state index in [1.807, 2.05) is 29.9 Å². The lowest BCUT2D eigenvalue weighted by atomic mass is 10.4. The number of hydrogen-bond acceptors (Lipinski definition) is 3. The second-order valence-electron chi connectivity index (χ2n) is 3.71. The van der Waals surface area contributed by atoms with Crippen LogP contribution in [0.3, 0.4) is 0 Å². The average molecular weight is 248 g/mol. The van der Waals surface area contributed by atoms with Gasteiger partial charge in [0.05, 0.1) is 17.6 Å².